The lowest BCUT2D eigenvalue weighted by molar-refractivity contribution is 0.794. The zero-order valence-electron chi connectivity index (χ0n) is 28.3. The van der Waals surface area contributed by atoms with Gasteiger partial charge in [-0.2, -0.15) is 0 Å². The second-order valence-electron chi connectivity index (χ2n) is 14.4. The normalized spacial score (nSPS) is 16.7. The predicted molar refractivity (Wildman–Crippen MR) is 212 cm³/mol. The second-order valence-corrected chi connectivity index (χ2v) is 14.4. The summed E-state index contributed by atoms with van der Waals surface area (Å²) in [6.07, 6.45) is 12.5. The van der Waals surface area contributed by atoms with E-state index in [1.807, 2.05) is 0 Å². The van der Waals surface area contributed by atoms with Gasteiger partial charge in [0.25, 0.3) is 0 Å². The van der Waals surface area contributed by atoms with E-state index in [2.05, 4.69) is 174 Å². The number of fused-ring (bicyclic) bond motifs is 16. The average molecular weight is 662 g/mol. The van der Waals surface area contributed by atoms with Crippen molar-refractivity contribution in [2.75, 3.05) is 0 Å². The number of allylic oxidation sites excluding steroid dienone is 5. The molecule has 2 heterocycles. The Morgan fingerprint density at radius 3 is 2.02 bits per heavy atom. The molecule has 4 aliphatic carbocycles. The van der Waals surface area contributed by atoms with Crippen LogP contribution in [0, 0.1) is 5.92 Å². The van der Waals surface area contributed by atoms with Gasteiger partial charge in [-0.25, -0.2) is 9.97 Å². The number of hydrogen-bond donors (Lipinski definition) is 0. The van der Waals surface area contributed by atoms with E-state index in [9.17, 15) is 0 Å². The number of nitrogens with zero attached hydrogens (tertiary/aromatic N) is 3. The van der Waals surface area contributed by atoms with E-state index in [-0.39, 0.29) is 0 Å². The molecule has 4 aliphatic rings. The highest BCUT2D eigenvalue weighted by Gasteiger charge is 2.52. The Morgan fingerprint density at radius 2 is 1.21 bits per heavy atom. The van der Waals surface area contributed by atoms with E-state index >= 15 is 0 Å². The number of aromatic nitrogens is 3. The fourth-order valence-corrected chi connectivity index (χ4v) is 9.92. The first kappa shape index (κ1) is 28.2. The van der Waals surface area contributed by atoms with Gasteiger partial charge in [0.2, 0.25) is 0 Å². The number of rotatable bonds is 2. The minimum absolute atomic E-state index is 0.343. The van der Waals surface area contributed by atoms with Crippen molar-refractivity contribution in [3.63, 3.8) is 0 Å². The Morgan fingerprint density at radius 1 is 0.577 bits per heavy atom. The minimum Gasteiger partial charge on any atom is -0.293 e. The SMILES string of the molecule is C1=CCC2C=Cc3c(n(-c4nc(-c5cccc6c5-c5ccccc5C65c6ccccc6-c6ccccc65)nc5ccccc45)c4ccccc34)C2=C1. The zero-order valence-corrected chi connectivity index (χ0v) is 28.3. The molecule has 0 fully saturated rings. The lowest BCUT2D eigenvalue weighted by Crippen LogP contribution is -2.25. The van der Waals surface area contributed by atoms with Crippen LogP contribution in [-0.2, 0) is 5.41 Å². The molecule has 3 heteroatoms. The second kappa shape index (κ2) is 10.2. The molecule has 52 heavy (non-hydrogen) atoms. The fourth-order valence-electron chi connectivity index (χ4n) is 9.92. The van der Waals surface area contributed by atoms with Crippen molar-refractivity contribution in [1.82, 2.24) is 14.5 Å². The van der Waals surface area contributed by atoms with E-state index in [0.29, 0.717) is 5.92 Å². The van der Waals surface area contributed by atoms with Gasteiger partial charge in [-0.1, -0.05) is 152 Å². The van der Waals surface area contributed by atoms with E-state index in [0.717, 1.165) is 40.0 Å². The molecule has 0 radical (unpaired) electrons. The largest absolute Gasteiger partial charge is 0.293 e. The number of benzene rings is 6. The maximum atomic E-state index is 5.65. The van der Waals surface area contributed by atoms with Crippen LogP contribution in [0.5, 0.6) is 0 Å². The van der Waals surface area contributed by atoms with Crippen LogP contribution in [0.1, 0.15) is 39.9 Å². The Labute approximate surface area is 301 Å². The smallest absolute Gasteiger partial charge is 0.162 e. The van der Waals surface area contributed by atoms with Crippen LogP contribution in [0.4, 0.5) is 0 Å². The molecule has 1 unspecified atom stereocenters. The van der Waals surface area contributed by atoms with Gasteiger partial charge in [0.15, 0.2) is 5.82 Å². The van der Waals surface area contributed by atoms with Crippen molar-refractivity contribution in [2.24, 2.45) is 5.92 Å². The van der Waals surface area contributed by atoms with Gasteiger partial charge in [-0.05, 0) is 74.7 Å². The molecular weight excluding hydrogens is 631 g/mol. The van der Waals surface area contributed by atoms with Crippen LogP contribution >= 0.6 is 0 Å². The first-order valence-electron chi connectivity index (χ1n) is 18.2. The Hall–Kier alpha value is -6.58. The van der Waals surface area contributed by atoms with Crippen LogP contribution < -0.4 is 0 Å². The average Bonchev–Trinajstić information content (AvgIpc) is 3.83. The third kappa shape index (κ3) is 3.45. The topological polar surface area (TPSA) is 30.7 Å². The maximum absolute atomic E-state index is 5.65. The van der Waals surface area contributed by atoms with Crippen LogP contribution in [0.15, 0.2) is 164 Å². The maximum Gasteiger partial charge on any atom is 0.162 e. The summed E-state index contributed by atoms with van der Waals surface area (Å²) in [7, 11) is 0. The van der Waals surface area contributed by atoms with Crippen molar-refractivity contribution >= 4 is 33.5 Å². The molecule has 1 atom stereocenters. The lowest BCUT2D eigenvalue weighted by atomic mass is 9.70. The molecule has 0 bridgehead atoms. The Bertz CT molecular complexity index is 2910. The first-order valence-corrected chi connectivity index (χ1v) is 18.2. The van der Waals surface area contributed by atoms with Crippen LogP contribution in [-0.4, -0.2) is 14.5 Å². The van der Waals surface area contributed by atoms with Crippen LogP contribution in [0.2, 0.25) is 0 Å². The van der Waals surface area contributed by atoms with Gasteiger partial charge in [0.1, 0.15) is 5.82 Å². The van der Waals surface area contributed by atoms with Gasteiger partial charge >= 0.3 is 0 Å². The van der Waals surface area contributed by atoms with Gasteiger partial charge in [-0.15, -0.1) is 0 Å². The summed E-state index contributed by atoms with van der Waals surface area (Å²) in [5.74, 6) is 2.00. The predicted octanol–water partition coefficient (Wildman–Crippen LogP) is 11.6. The van der Waals surface area contributed by atoms with Crippen molar-refractivity contribution in [3.8, 4) is 39.5 Å². The molecule has 0 saturated heterocycles. The summed E-state index contributed by atoms with van der Waals surface area (Å²) in [6.45, 7) is 0. The first-order chi connectivity index (χ1) is 25.8. The van der Waals surface area contributed by atoms with Gasteiger partial charge in [0.05, 0.1) is 22.1 Å². The molecule has 6 aromatic carbocycles. The van der Waals surface area contributed by atoms with Crippen molar-refractivity contribution in [3.05, 3.63) is 197 Å². The van der Waals surface area contributed by atoms with Crippen LogP contribution in [0.3, 0.4) is 0 Å². The number of hydrogen-bond acceptors (Lipinski definition) is 2. The third-order valence-corrected chi connectivity index (χ3v) is 11.9. The van der Waals surface area contributed by atoms with Gasteiger partial charge in [0, 0.05) is 27.8 Å². The van der Waals surface area contributed by atoms with Crippen LogP contribution in [0.25, 0.3) is 72.9 Å². The summed E-state index contributed by atoms with van der Waals surface area (Å²) in [6, 6.07) is 51.0. The van der Waals surface area contributed by atoms with E-state index in [1.165, 1.54) is 66.7 Å². The van der Waals surface area contributed by atoms with Gasteiger partial charge < -0.3 is 0 Å². The van der Waals surface area contributed by atoms with E-state index < -0.39 is 5.41 Å². The lowest BCUT2D eigenvalue weighted by Gasteiger charge is -2.30. The third-order valence-electron chi connectivity index (χ3n) is 11.9. The molecule has 0 aliphatic heterocycles. The Kier molecular flexibility index (Phi) is 5.55. The summed E-state index contributed by atoms with van der Waals surface area (Å²) in [5.41, 5.74) is 16.9. The fraction of sp³-hybridized carbons (Fsp3) is 0.0612. The molecule has 0 N–H and O–H groups in total. The zero-order chi connectivity index (χ0) is 34.0. The molecular formula is C49H31N3. The molecule has 0 amide bonds. The standard InChI is InChI=1S/C49H31N3/c1-2-15-31-30(14-1)28-29-35-34-18-7-12-27-44(34)52(46(31)35)48-37-20-6-11-26-43(37)50-47(51-48)38-21-13-25-42-45(38)36-19-5-10-24-41(36)49(42)39-22-8-3-16-32(39)33-17-4-9-23-40(33)49/h1-13,15-30H,14H2. The minimum atomic E-state index is -0.424. The molecule has 3 nitrogen and oxygen atoms in total. The monoisotopic (exact) mass is 661 g/mol. The molecule has 242 valence electrons. The summed E-state index contributed by atoms with van der Waals surface area (Å²) < 4.78 is 2.42. The molecule has 12 rings (SSSR count). The number of para-hydroxylation sites is 2. The van der Waals surface area contributed by atoms with Gasteiger partial charge in [-0.3, -0.25) is 4.57 Å². The molecule has 2 aromatic heterocycles. The molecule has 8 aromatic rings. The summed E-state index contributed by atoms with van der Waals surface area (Å²) in [5, 5.41) is 2.28. The van der Waals surface area contributed by atoms with E-state index in [4.69, 9.17) is 9.97 Å². The molecule has 1 spiro atoms. The highest BCUT2D eigenvalue weighted by atomic mass is 15.1. The Balaban J connectivity index is 1.18. The van der Waals surface area contributed by atoms with Crippen molar-refractivity contribution in [1.29, 1.82) is 0 Å². The molecule has 0 saturated carbocycles. The van der Waals surface area contributed by atoms with E-state index in [1.54, 1.807) is 0 Å². The highest BCUT2D eigenvalue weighted by molar-refractivity contribution is 6.03. The van der Waals surface area contributed by atoms with Crippen molar-refractivity contribution in [2.45, 2.75) is 11.8 Å². The summed E-state index contributed by atoms with van der Waals surface area (Å²) >= 11 is 0. The highest BCUT2D eigenvalue weighted by Crippen LogP contribution is 2.63. The quantitative estimate of drug-likeness (QED) is 0.185. The van der Waals surface area contributed by atoms with Crippen molar-refractivity contribution < 1.29 is 0 Å². The summed E-state index contributed by atoms with van der Waals surface area (Å²) in [4.78, 5) is 11.0.